The highest BCUT2D eigenvalue weighted by Crippen LogP contribution is 2.24. The summed E-state index contributed by atoms with van der Waals surface area (Å²) in [6.07, 6.45) is 7.06. The van der Waals surface area contributed by atoms with Crippen LogP contribution in [-0.4, -0.2) is 42.5 Å². The van der Waals surface area contributed by atoms with Crippen molar-refractivity contribution in [3.05, 3.63) is 54.1 Å². The largest absolute Gasteiger partial charge is 0.490 e. The molecule has 0 spiro atoms. The molecule has 6 heteroatoms. The molecule has 0 atom stereocenters. The average Bonchev–Trinajstić information content (AvgIpc) is 3.47. The number of amides is 2. The fourth-order valence-corrected chi connectivity index (χ4v) is 3.95. The Bertz CT molecular complexity index is 869. The van der Waals surface area contributed by atoms with Crippen LogP contribution in [-0.2, 0) is 4.79 Å². The van der Waals surface area contributed by atoms with Crippen LogP contribution in [0.5, 0.6) is 11.5 Å². The van der Waals surface area contributed by atoms with Crippen molar-refractivity contribution in [2.45, 2.75) is 44.6 Å². The number of rotatable bonds is 7. The molecular weight excluding hydrogens is 380 g/mol. The van der Waals surface area contributed by atoms with Gasteiger partial charge in [-0.1, -0.05) is 6.07 Å². The smallest absolute Gasteiger partial charge is 0.260 e. The summed E-state index contributed by atoms with van der Waals surface area (Å²) >= 11 is 0. The van der Waals surface area contributed by atoms with E-state index >= 15 is 0 Å². The van der Waals surface area contributed by atoms with E-state index in [-0.39, 0.29) is 18.4 Å². The maximum absolute atomic E-state index is 12.6. The molecule has 1 N–H and O–H groups in total. The topological polar surface area (TPSA) is 67.9 Å². The Labute approximate surface area is 177 Å². The van der Waals surface area contributed by atoms with E-state index in [1.807, 2.05) is 17.0 Å². The second kappa shape index (κ2) is 9.65. The van der Waals surface area contributed by atoms with Crippen molar-refractivity contribution >= 4 is 17.5 Å². The first kappa shape index (κ1) is 20.3. The van der Waals surface area contributed by atoms with E-state index in [0.29, 0.717) is 23.1 Å². The van der Waals surface area contributed by atoms with Crippen molar-refractivity contribution in [3.63, 3.8) is 0 Å². The minimum Gasteiger partial charge on any atom is -0.490 e. The van der Waals surface area contributed by atoms with E-state index in [1.165, 1.54) is 12.8 Å². The van der Waals surface area contributed by atoms with E-state index < -0.39 is 0 Å². The first-order chi connectivity index (χ1) is 14.7. The Morgan fingerprint density at radius 3 is 2.40 bits per heavy atom. The molecule has 2 fully saturated rings. The molecule has 0 radical (unpaired) electrons. The number of nitrogens with one attached hydrogen (secondary N) is 1. The third kappa shape index (κ3) is 5.32. The lowest BCUT2D eigenvalue weighted by Crippen LogP contribution is -2.32. The second-order valence-corrected chi connectivity index (χ2v) is 7.91. The molecule has 2 aromatic rings. The number of hydrogen-bond acceptors (Lipinski definition) is 4. The molecule has 158 valence electrons. The van der Waals surface area contributed by atoms with Crippen molar-refractivity contribution in [2.75, 3.05) is 25.0 Å². The first-order valence-corrected chi connectivity index (χ1v) is 10.8. The van der Waals surface area contributed by atoms with E-state index in [1.54, 1.807) is 36.4 Å². The van der Waals surface area contributed by atoms with Crippen LogP contribution in [0.1, 0.15) is 48.9 Å². The van der Waals surface area contributed by atoms with E-state index in [4.69, 9.17) is 9.47 Å². The first-order valence-electron chi connectivity index (χ1n) is 10.8. The van der Waals surface area contributed by atoms with Gasteiger partial charge in [0.05, 0.1) is 6.10 Å². The van der Waals surface area contributed by atoms with Gasteiger partial charge in [-0.15, -0.1) is 0 Å². The van der Waals surface area contributed by atoms with Gasteiger partial charge in [-0.05, 0) is 74.9 Å². The normalized spacial score (nSPS) is 16.5. The molecule has 2 aliphatic rings. The summed E-state index contributed by atoms with van der Waals surface area (Å²) in [6, 6.07) is 14.3. The molecule has 1 aliphatic carbocycles. The Kier molecular flexibility index (Phi) is 6.52. The highest BCUT2D eigenvalue weighted by atomic mass is 16.5. The number of carbonyl (C=O) groups excluding carboxylic acids is 2. The Balaban J connectivity index is 1.30. The lowest BCUT2D eigenvalue weighted by Gasteiger charge is -2.16. The Hall–Kier alpha value is -3.02. The van der Waals surface area contributed by atoms with Gasteiger partial charge in [0.2, 0.25) is 0 Å². The molecule has 6 nitrogen and oxygen atoms in total. The molecule has 1 heterocycles. The molecule has 0 bridgehead atoms. The predicted molar refractivity (Wildman–Crippen MR) is 115 cm³/mol. The number of benzene rings is 2. The number of hydrogen-bond donors (Lipinski definition) is 1. The molecule has 1 saturated heterocycles. The van der Waals surface area contributed by atoms with Crippen LogP contribution in [0.4, 0.5) is 5.69 Å². The lowest BCUT2D eigenvalue weighted by atomic mass is 10.2. The summed E-state index contributed by atoms with van der Waals surface area (Å²) < 4.78 is 11.6. The van der Waals surface area contributed by atoms with E-state index in [0.717, 1.165) is 44.5 Å². The molecule has 1 saturated carbocycles. The number of anilines is 1. The third-order valence-electron chi connectivity index (χ3n) is 5.63. The second-order valence-electron chi connectivity index (χ2n) is 7.91. The SMILES string of the molecule is O=C(Nc1cccc(OCC(=O)N2CCCC2)c1)c1ccc(OC2CCCC2)cc1. The molecule has 1 aliphatic heterocycles. The van der Waals surface area contributed by atoms with Crippen LogP contribution in [0.25, 0.3) is 0 Å². The molecule has 2 aromatic carbocycles. The summed E-state index contributed by atoms with van der Waals surface area (Å²) in [7, 11) is 0. The summed E-state index contributed by atoms with van der Waals surface area (Å²) in [4.78, 5) is 26.5. The highest BCUT2D eigenvalue weighted by molar-refractivity contribution is 6.04. The Morgan fingerprint density at radius 1 is 0.933 bits per heavy atom. The molecule has 0 aromatic heterocycles. The van der Waals surface area contributed by atoms with Gasteiger partial charge in [0.15, 0.2) is 6.61 Å². The van der Waals surface area contributed by atoms with Gasteiger partial charge >= 0.3 is 0 Å². The van der Waals surface area contributed by atoms with Gasteiger partial charge in [-0.25, -0.2) is 0 Å². The predicted octanol–water partition coefficient (Wildman–Crippen LogP) is 4.26. The zero-order valence-electron chi connectivity index (χ0n) is 17.1. The molecule has 0 unspecified atom stereocenters. The third-order valence-corrected chi connectivity index (χ3v) is 5.63. The number of carbonyl (C=O) groups is 2. The summed E-state index contributed by atoms with van der Waals surface area (Å²) in [5.74, 6) is 1.16. The number of likely N-dealkylation sites (tertiary alicyclic amines) is 1. The zero-order valence-corrected chi connectivity index (χ0v) is 17.1. The van der Waals surface area contributed by atoms with E-state index in [9.17, 15) is 9.59 Å². The van der Waals surface area contributed by atoms with Gasteiger partial charge < -0.3 is 19.7 Å². The van der Waals surface area contributed by atoms with Crippen molar-refractivity contribution in [1.29, 1.82) is 0 Å². The van der Waals surface area contributed by atoms with Gasteiger partial charge in [0.1, 0.15) is 11.5 Å². The van der Waals surface area contributed by atoms with Crippen LogP contribution in [0, 0.1) is 0 Å². The van der Waals surface area contributed by atoms with Gasteiger partial charge in [0.25, 0.3) is 11.8 Å². The minimum absolute atomic E-state index is 0.00171. The maximum Gasteiger partial charge on any atom is 0.260 e. The van der Waals surface area contributed by atoms with Gasteiger partial charge in [-0.2, -0.15) is 0 Å². The standard InChI is InChI=1S/C24H28N2O4/c27-23(26-14-3-4-15-26)17-29-22-9-5-6-19(16-22)25-24(28)18-10-12-21(13-11-18)30-20-7-1-2-8-20/h5-6,9-13,16,20H,1-4,7-8,14-15,17H2,(H,25,28). The molecular formula is C24H28N2O4. The minimum atomic E-state index is -0.201. The number of ether oxygens (including phenoxy) is 2. The summed E-state index contributed by atoms with van der Waals surface area (Å²) in [5.41, 5.74) is 1.18. The fraction of sp³-hybridized carbons (Fsp3) is 0.417. The van der Waals surface area contributed by atoms with Crippen LogP contribution < -0.4 is 14.8 Å². The van der Waals surface area contributed by atoms with Crippen LogP contribution >= 0.6 is 0 Å². The van der Waals surface area contributed by atoms with Gasteiger partial charge in [-0.3, -0.25) is 9.59 Å². The maximum atomic E-state index is 12.6. The number of nitrogens with zero attached hydrogens (tertiary/aromatic N) is 1. The van der Waals surface area contributed by atoms with Crippen molar-refractivity contribution in [3.8, 4) is 11.5 Å². The summed E-state index contributed by atoms with van der Waals surface area (Å²) in [6.45, 7) is 1.63. The van der Waals surface area contributed by atoms with Gasteiger partial charge in [0, 0.05) is 30.4 Å². The van der Waals surface area contributed by atoms with Crippen molar-refractivity contribution < 1.29 is 19.1 Å². The monoisotopic (exact) mass is 408 g/mol. The van der Waals surface area contributed by atoms with Crippen LogP contribution in [0.3, 0.4) is 0 Å². The van der Waals surface area contributed by atoms with Crippen molar-refractivity contribution in [2.24, 2.45) is 0 Å². The zero-order chi connectivity index (χ0) is 20.8. The average molecular weight is 408 g/mol. The molecule has 30 heavy (non-hydrogen) atoms. The Morgan fingerprint density at radius 2 is 1.67 bits per heavy atom. The van der Waals surface area contributed by atoms with Crippen molar-refractivity contribution in [1.82, 2.24) is 4.90 Å². The molecule has 4 rings (SSSR count). The van der Waals surface area contributed by atoms with Crippen LogP contribution in [0.2, 0.25) is 0 Å². The lowest BCUT2D eigenvalue weighted by molar-refractivity contribution is -0.132. The van der Waals surface area contributed by atoms with E-state index in [2.05, 4.69) is 5.32 Å². The fourth-order valence-electron chi connectivity index (χ4n) is 3.95. The quantitative estimate of drug-likeness (QED) is 0.743. The van der Waals surface area contributed by atoms with Crippen LogP contribution in [0.15, 0.2) is 48.5 Å². The highest BCUT2D eigenvalue weighted by Gasteiger charge is 2.18. The summed E-state index contributed by atoms with van der Waals surface area (Å²) in [5, 5.41) is 2.88. The molecule has 2 amide bonds.